The lowest BCUT2D eigenvalue weighted by Crippen LogP contribution is -2.36. The van der Waals surface area contributed by atoms with Crippen molar-refractivity contribution in [2.45, 2.75) is 38.1 Å². The first-order valence-corrected chi connectivity index (χ1v) is 7.19. The summed E-state index contributed by atoms with van der Waals surface area (Å²) in [6, 6.07) is 0.292. The second-order valence-corrected chi connectivity index (χ2v) is 5.49. The Kier molecular flexibility index (Phi) is 4.54. The molecule has 2 rings (SSSR count). The van der Waals surface area contributed by atoms with Crippen LogP contribution in [0.5, 0.6) is 0 Å². The van der Waals surface area contributed by atoms with Gasteiger partial charge in [-0.15, -0.1) is 11.3 Å². The van der Waals surface area contributed by atoms with Crippen LogP contribution in [0.4, 0.5) is 5.13 Å². The number of carbonyl (C=O) groups excluding carboxylic acids is 1. The molecule has 0 radical (unpaired) electrons. The Hall–Kier alpha value is -1.14. The smallest absolute Gasteiger partial charge is 0.228 e. The summed E-state index contributed by atoms with van der Waals surface area (Å²) >= 11 is 1.37. The van der Waals surface area contributed by atoms with Crippen LogP contribution in [0.15, 0.2) is 5.38 Å². The number of hydrogen-bond acceptors (Lipinski definition) is 5. The summed E-state index contributed by atoms with van der Waals surface area (Å²) in [7, 11) is 0. The topological polar surface area (TPSA) is 79.5 Å². The minimum absolute atomic E-state index is 0.126. The van der Waals surface area contributed by atoms with Crippen LogP contribution in [-0.4, -0.2) is 40.1 Å². The maximum atomic E-state index is 12.2. The van der Waals surface area contributed by atoms with Crippen LogP contribution < -0.4 is 5.73 Å². The zero-order valence-corrected chi connectivity index (χ0v) is 11.2. The first kappa shape index (κ1) is 13.3. The third kappa shape index (κ3) is 3.20. The van der Waals surface area contributed by atoms with E-state index in [2.05, 4.69) is 4.98 Å². The van der Waals surface area contributed by atoms with Crippen LogP contribution in [0.3, 0.4) is 0 Å². The van der Waals surface area contributed by atoms with E-state index in [-0.39, 0.29) is 12.5 Å². The van der Waals surface area contributed by atoms with Crippen LogP contribution in [0.1, 0.15) is 31.4 Å². The number of nitrogen functional groups attached to an aromatic ring is 1. The molecule has 6 heteroatoms. The second-order valence-electron chi connectivity index (χ2n) is 4.60. The highest BCUT2D eigenvalue weighted by Crippen LogP contribution is 2.22. The third-order valence-electron chi connectivity index (χ3n) is 3.29. The van der Waals surface area contributed by atoms with Gasteiger partial charge in [-0.1, -0.05) is 0 Å². The monoisotopic (exact) mass is 269 g/mol. The van der Waals surface area contributed by atoms with Gasteiger partial charge in [0.25, 0.3) is 0 Å². The Morgan fingerprint density at radius 1 is 1.67 bits per heavy atom. The molecule has 1 amide bonds. The highest BCUT2D eigenvalue weighted by atomic mass is 32.1. The zero-order chi connectivity index (χ0) is 13.0. The van der Waals surface area contributed by atoms with Crippen LogP contribution in [0.25, 0.3) is 0 Å². The van der Waals surface area contributed by atoms with Gasteiger partial charge in [0, 0.05) is 24.6 Å². The van der Waals surface area contributed by atoms with Gasteiger partial charge in [-0.3, -0.25) is 4.79 Å². The fourth-order valence-electron chi connectivity index (χ4n) is 2.45. The zero-order valence-electron chi connectivity index (χ0n) is 10.3. The quantitative estimate of drug-likeness (QED) is 0.837. The first-order chi connectivity index (χ1) is 8.70. The molecule has 0 aromatic carbocycles. The highest BCUT2D eigenvalue weighted by molar-refractivity contribution is 7.13. The Morgan fingerprint density at radius 2 is 2.50 bits per heavy atom. The molecule has 1 aromatic heterocycles. The normalized spacial score (nSPS) is 19.4. The molecule has 3 N–H and O–H groups in total. The minimum Gasteiger partial charge on any atom is -0.396 e. The van der Waals surface area contributed by atoms with Gasteiger partial charge in [-0.05, 0) is 25.7 Å². The van der Waals surface area contributed by atoms with Crippen LogP contribution in [-0.2, 0) is 11.2 Å². The standard InChI is InChI=1S/C12H19N3O2S/c13-12-14-9(8-18-12)7-11(17)15-5-1-3-10(15)4-2-6-16/h8,10,16H,1-7H2,(H2,13,14). The molecule has 0 spiro atoms. The molecular formula is C12H19N3O2S. The number of aliphatic hydroxyl groups excluding tert-OH is 1. The van der Waals surface area contributed by atoms with E-state index in [0.29, 0.717) is 17.6 Å². The summed E-state index contributed by atoms with van der Waals surface area (Å²) in [6.07, 6.45) is 4.09. The number of aromatic nitrogens is 1. The first-order valence-electron chi connectivity index (χ1n) is 6.31. The van der Waals surface area contributed by atoms with Crippen molar-refractivity contribution in [2.75, 3.05) is 18.9 Å². The fraction of sp³-hybridized carbons (Fsp3) is 0.667. The van der Waals surface area contributed by atoms with Gasteiger partial charge in [0.05, 0.1) is 12.1 Å². The number of nitrogens with two attached hydrogens (primary N) is 1. The van der Waals surface area contributed by atoms with Crippen molar-refractivity contribution in [3.8, 4) is 0 Å². The molecular weight excluding hydrogens is 250 g/mol. The van der Waals surface area contributed by atoms with Gasteiger partial charge >= 0.3 is 0 Å². The molecule has 0 aliphatic carbocycles. The summed E-state index contributed by atoms with van der Waals surface area (Å²) in [6.45, 7) is 1.02. The van der Waals surface area contributed by atoms with E-state index in [1.54, 1.807) is 0 Å². The third-order valence-corrected chi connectivity index (χ3v) is 4.02. The van der Waals surface area contributed by atoms with Crippen molar-refractivity contribution < 1.29 is 9.90 Å². The minimum atomic E-state index is 0.126. The maximum Gasteiger partial charge on any atom is 0.228 e. The number of nitrogens with zero attached hydrogens (tertiary/aromatic N) is 2. The predicted molar refractivity (Wildman–Crippen MR) is 71.3 cm³/mol. The van der Waals surface area contributed by atoms with E-state index in [1.165, 1.54) is 11.3 Å². The van der Waals surface area contributed by atoms with E-state index >= 15 is 0 Å². The van der Waals surface area contributed by atoms with Crippen LogP contribution in [0, 0.1) is 0 Å². The summed E-state index contributed by atoms with van der Waals surface area (Å²) < 4.78 is 0. The largest absolute Gasteiger partial charge is 0.396 e. The number of aliphatic hydroxyl groups is 1. The molecule has 1 aromatic rings. The van der Waals surface area contributed by atoms with E-state index in [0.717, 1.165) is 37.9 Å². The average Bonchev–Trinajstić information content (AvgIpc) is 2.95. The summed E-state index contributed by atoms with van der Waals surface area (Å²) in [5, 5.41) is 11.2. The van der Waals surface area contributed by atoms with Gasteiger partial charge in [0.1, 0.15) is 0 Å². The van der Waals surface area contributed by atoms with E-state index in [9.17, 15) is 4.79 Å². The Balaban J connectivity index is 1.91. The Morgan fingerprint density at radius 3 is 3.17 bits per heavy atom. The lowest BCUT2D eigenvalue weighted by Gasteiger charge is -2.24. The number of amides is 1. The van der Waals surface area contributed by atoms with Gasteiger partial charge in [-0.2, -0.15) is 0 Å². The van der Waals surface area contributed by atoms with Crippen molar-refractivity contribution in [2.24, 2.45) is 0 Å². The number of rotatable bonds is 5. The Labute approximate surface area is 111 Å². The fourth-order valence-corrected chi connectivity index (χ4v) is 3.01. The number of carbonyl (C=O) groups is 1. The van der Waals surface area contributed by atoms with Gasteiger partial charge in [-0.25, -0.2) is 4.98 Å². The van der Waals surface area contributed by atoms with E-state index in [1.807, 2.05) is 10.3 Å². The highest BCUT2D eigenvalue weighted by Gasteiger charge is 2.28. The summed E-state index contributed by atoms with van der Waals surface area (Å²) in [4.78, 5) is 18.2. The van der Waals surface area contributed by atoms with Crippen molar-refractivity contribution in [1.29, 1.82) is 0 Å². The number of hydrogen-bond donors (Lipinski definition) is 2. The molecule has 1 saturated heterocycles. The van der Waals surface area contributed by atoms with Crippen molar-refractivity contribution >= 4 is 22.4 Å². The molecule has 5 nitrogen and oxygen atoms in total. The number of anilines is 1. The molecule has 0 bridgehead atoms. The molecule has 1 aliphatic heterocycles. The molecule has 1 unspecified atom stereocenters. The molecule has 1 fully saturated rings. The van der Waals surface area contributed by atoms with Gasteiger partial charge < -0.3 is 15.7 Å². The Bertz CT molecular complexity index is 408. The van der Waals surface area contributed by atoms with Crippen molar-refractivity contribution in [3.05, 3.63) is 11.1 Å². The maximum absolute atomic E-state index is 12.2. The second kappa shape index (κ2) is 6.15. The molecule has 0 saturated carbocycles. The van der Waals surface area contributed by atoms with Crippen LogP contribution >= 0.6 is 11.3 Å². The van der Waals surface area contributed by atoms with Crippen LogP contribution in [0.2, 0.25) is 0 Å². The SMILES string of the molecule is Nc1nc(CC(=O)N2CCCC2CCCO)cs1. The molecule has 2 heterocycles. The molecule has 1 atom stereocenters. The lowest BCUT2D eigenvalue weighted by molar-refractivity contribution is -0.131. The summed E-state index contributed by atoms with van der Waals surface area (Å²) in [5.41, 5.74) is 6.32. The van der Waals surface area contributed by atoms with Gasteiger partial charge in [0.15, 0.2) is 5.13 Å². The van der Waals surface area contributed by atoms with Gasteiger partial charge in [0.2, 0.25) is 5.91 Å². The number of likely N-dealkylation sites (tertiary alicyclic amines) is 1. The lowest BCUT2D eigenvalue weighted by atomic mass is 10.1. The molecule has 1 aliphatic rings. The average molecular weight is 269 g/mol. The van der Waals surface area contributed by atoms with Crippen molar-refractivity contribution in [3.63, 3.8) is 0 Å². The predicted octanol–water partition coefficient (Wildman–Crippen LogP) is 1.03. The summed E-state index contributed by atoms with van der Waals surface area (Å²) in [5.74, 6) is 0.126. The van der Waals surface area contributed by atoms with Crippen molar-refractivity contribution in [1.82, 2.24) is 9.88 Å². The van der Waals surface area contributed by atoms with E-state index < -0.39 is 0 Å². The van der Waals surface area contributed by atoms with E-state index in [4.69, 9.17) is 10.8 Å². The molecule has 100 valence electrons. The molecule has 18 heavy (non-hydrogen) atoms. The number of thiazole rings is 1.